The van der Waals surface area contributed by atoms with Crippen molar-refractivity contribution in [1.82, 2.24) is 19.7 Å². The highest BCUT2D eigenvalue weighted by molar-refractivity contribution is 5.94. The Morgan fingerprint density at radius 3 is 2.76 bits per heavy atom. The molecule has 25 heavy (non-hydrogen) atoms. The second-order valence-corrected chi connectivity index (χ2v) is 6.20. The second-order valence-electron chi connectivity index (χ2n) is 6.20. The smallest absolute Gasteiger partial charge is 0.254 e. The number of amides is 1. The molecule has 0 N–H and O–H groups in total. The van der Waals surface area contributed by atoms with Crippen LogP contribution in [0.1, 0.15) is 21.6 Å². The van der Waals surface area contributed by atoms with Crippen molar-refractivity contribution in [3.63, 3.8) is 0 Å². The predicted octanol–water partition coefficient (Wildman–Crippen LogP) is 3.05. The molecule has 3 heterocycles. The lowest BCUT2D eigenvalue weighted by Gasteiger charge is -2.27. The van der Waals surface area contributed by atoms with Crippen molar-refractivity contribution >= 4 is 5.91 Å². The number of benzene rings is 1. The molecule has 0 radical (unpaired) electrons. The summed E-state index contributed by atoms with van der Waals surface area (Å²) in [6.45, 7) is 3.72. The summed E-state index contributed by atoms with van der Waals surface area (Å²) in [5, 5.41) is 4.53. The maximum absolute atomic E-state index is 13.0. The first-order chi connectivity index (χ1) is 12.1. The maximum Gasteiger partial charge on any atom is 0.254 e. The Kier molecular flexibility index (Phi) is 3.80. The fourth-order valence-electron chi connectivity index (χ4n) is 3.05. The van der Waals surface area contributed by atoms with E-state index in [0.29, 0.717) is 36.6 Å². The molecule has 0 saturated carbocycles. The number of pyridine rings is 1. The maximum atomic E-state index is 13.0. The molecule has 3 aromatic rings. The van der Waals surface area contributed by atoms with Gasteiger partial charge in [0.2, 0.25) is 0 Å². The Labute approximate surface area is 144 Å². The van der Waals surface area contributed by atoms with Crippen LogP contribution in [0.15, 0.2) is 48.7 Å². The van der Waals surface area contributed by atoms with Gasteiger partial charge in [0.05, 0.1) is 30.7 Å². The van der Waals surface area contributed by atoms with Crippen LogP contribution in [0.2, 0.25) is 0 Å². The summed E-state index contributed by atoms with van der Waals surface area (Å²) in [6.07, 6.45) is 1.18. The molecule has 1 amide bonds. The van der Waals surface area contributed by atoms with Gasteiger partial charge < -0.3 is 4.90 Å². The molecule has 126 valence electrons. The lowest BCUT2D eigenvalue weighted by molar-refractivity contribution is 0.0706. The highest BCUT2D eigenvalue weighted by atomic mass is 19.1. The molecular weight excluding hydrogens is 319 g/mol. The first-order valence-corrected chi connectivity index (χ1v) is 8.15. The van der Waals surface area contributed by atoms with E-state index >= 15 is 0 Å². The van der Waals surface area contributed by atoms with Crippen LogP contribution in [0, 0.1) is 12.7 Å². The molecule has 4 rings (SSSR count). The number of carbonyl (C=O) groups excluding carboxylic acids is 1. The molecule has 5 nitrogen and oxygen atoms in total. The number of hydrogen-bond donors (Lipinski definition) is 0. The predicted molar refractivity (Wildman–Crippen MR) is 91.3 cm³/mol. The van der Waals surface area contributed by atoms with Gasteiger partial charge in [-0.25, -0.2) is 4.39 Å². The quantitative estimate of drug-likeness (QED) is 0.723. The van der Waals surface area contributed by atoms with E-state index < -0.39 is 0 Å². The number of nitrogens with zero attached hydrogens (tertiary/aromatic N) is 4. The van der Waals surface area contributed by atoms with Gasteiger partial charge in [0.25, 0.3) is 5.91 Å². The molecule has 6 heteroatoms. The molecule has 1 aromatic carbocycles. The Morgan fingerprint density at radius 2 is 2.00 bits per heavy atom. The first kappa shape index (κ1) is 15.5. The molecule has 1 aliphatic heterocycles. The van der Waals surface area contributed by atoms with Gasteiger partial charge >= 0.3 is 0 Å². The van der Waals surface area contributed by atoms with Crippen LogP contribution in [0.3, 0.4) is 0 Å². The van der Waals surface area contributed by atoms with Gasteiger partial charge in [-0.05, 0) is 37.3 Å². The average molecular weight is 336 g/mol. The van der Waals surface area contributed by atoms with Crippen molar-refractivity contribution in [3.8, 4) is 11.4 Å². The summed E-state index contributed by atoms with van der Waals surface area (Å²) in [5.41, 5.74) is 4.04. The van der Waals surface area contributed by atoms with Crippen molar-refractivity contribution in [3.05, 3.63) is 71.3 Å². The Bertz CT molecular complexity index is 933. The fraction of sp³-hybridized carbons (Fsp3) is 0.211. The summed E-state index contributed by atoms with van der Waals surface area (Å²) < 4.78 is 14.9. The number of aryl methyl sites for hydroxylation is 1. The molecule has 0 bridgehead atoms. The monoisotopic (exact) mass is 336 g/mol. The molecule has 0 saturated heterocycles. The van der Waals surface area contributed by atoms with E-state index in [1.165, 1.54) is 12.3 Å². The standard InChI is InChI=1S/C19H17FN4O/c1-13-3-2-4-14(9-13)19(25)23-7-8-24-16(12-23)10-18(22-24)17-6-5-15(20)11-21-17/h2-6,9-11H,7-8,12H2,1H3. The number of fused-ring (bicyclic) bond motifs is 1. The van der Waals surface area contributed by atoms with Gasteiger partial charge in [0.15, 0.2) is 0 Å². The van der Waals surface area contributed by atoms with Crippen molar-refractivity contribution < 1.29 is 9.18 Å². The third-order valence-electron chi connectivity index (χ3n) is 4.34. The minimum atomic E-state index is -0.373. The number of rotatable bonds is 2. The molecule has 2 aromatic heterocycles. The average Bonchev–Trinajstić information content (AvgIpc) is 3.05. The number of halogens is 1. The van der Waals surface area contributed by atoms with Gasteiger partial charge in [-0.1, -0.05) is 17.7 Å². The summed E-state index contributed by atoms with van der Waals surface area (Å²) in [7, 11) is 0. The van der Waals surface area contributed by atoms with E-state index in [-0.39, 0.29) is 11.7 Å². The van der Waals surface area contributed by atoms with E-state index in [1.54, 1.807) is 6.07 Å². The normalized spacial score (nSPS) is 13.6. The summed E-state index contributed by atoms with van der Waals surface area (Å²) in [4.78, 5) is 18.6. The number of hydrogen-bond acceptors (Lipinski definition) is 3. The molecule has 0 spiro atoms. The van der Waals surface area contributed by atoms with E-state index in [2.05, 4.69) is 10.1 Å². The summed E-state index contributed by atoms with van der Waals surface area (Å²) >= 11 is 0. The summed E-state index contributed by atoms with van der Waals surface area (Å²) in [6, 6.07) is 12.5. The first-order valence-electron chi connectivity index (χ1n) is 8.15. The van der Waals surface area contributed by atoms with Crippen molar-refractivity contribution in [2.45, 2.75) is 20.0 Å². The van der Waals surface area contributed by atoms with E-state index in [9.17, 15) is 9.18 Å². The number of carbonyl (C=O) groups is 1. The molecule has 0 unspecified atom stereocenters. The second kappa shape index (κ2) is 6.12. The Balaban J connectivity index is 1.57. The van der Waals surface area contributed by atoms with Crippen molar-refractivity contribution in [2.24, 2.45) is 0 Å². The third-order valence-corrected chi connectivity index (χ3v) is 4.34. The van der Waals surface area contributed by atoms with Crippen molar-refractivity contribution in [2.75, 3.05) is 6.54 Å². The van der Waals surface area contributed by atoms with Crippen LogP contribution < -0.4 is 0 Å². The van der Waals surface area contributed by atoms with Crippen LogP contribution in [0.25, 0.3) is 11.4 Å². The molecule has 0 aliphatic carbocycles. The van der Waals surface area contributed by atoms with E-state index in [1.807, 2.05) is 46.8 Å². The topological polar surface area (TPSA) is 51.0 Å². The zero-order chi connectivity index (χ0) is 17.4. The third kappa shape index (κ3) is 3.03. The zero-order valence-corrected chi connectivity index (χ0v) is 13.8. The minimum absolute atomic E-state index is 0.0256. The Morgan fingerprint density at radius 1 is 1.12 bits per heavy atom. The van der Waals surface area contributed by atoms with Crippen LogP contribution in [0.4, 0.5) is 4.39 Å². The van der Waals surface area contributed by atoms with Crippen LogP contribution >= 0.6 is 0 Å². The van der Waals surface area contributed by atoms with Gasteiger partial charge in [0.1, 0.15) is 11.5 Å². The van der Waals surface area contributed by atoms with E-state index in [0.717, 1.165) is 11.3 Å². The zero-order valence-electron chi connectivity index (χ0n) is 13.8. The lowest BCUT2D eigenvalue weighted by atomic mass is 10.1. The fourth-order valence-corrected chi connectivity index (χ4v) is 3.05. The highest BCUT2D eigenvalue weighted by Crippen LogP contribution is 2.22. The van der Waals surface area contributed by atoms with E-state index in [4.69, 9.17) is 0 Å². The Hall–Kier alpha value is -3.02. The minimum Gasteiger partial charge on any atom is -0.331 e. The van der Waals surface area contributed by atoms with Gasteiger partial charge in [-0.15, -0.1) is 0 Å². The SMILES string of the molecule is Cc1cccc(C(=O)N2CCn3nc(-c4ccc(F)cn4)cc3C2)c1. The van der Waals surface area contributed by atoms with Crippen LogP contribution in [0.5, 0.6) is 0 Å². The molecule has 0 fully saturated rings. The van der Waals surface area contributed by atoms with Crippen molar-refractivity contribution in [1.29, 1.82) is 0 Å². The largest absolute Gasteiger partial charge is 0.331 e. The van der Waals surface area contributed by atoms with Gasteiger partial charge in [-0.3, -0.25) is 14.5 Å². The summed E-state index contributed by atoms with van der Waals surface area (Å²) in [5.74, 6) is -0.347. The van der Waals surface area contributed by atoms with Gasteiger partial charge in [0, 0.05) is 12.1 Å². The molecule has 0 atom stereocenters. The molecule has 1 aliphatic rings. The van der Waals surface area contributed by atoms with Crippen LogP contribution in [-0.4, -0.2) is 32.1 Å². The number of aromatic nitrogens is 3. The highest BCUT2D eigenvalue weighted by Gasteiger charge is 2.23. The van der Waals surface area contributed by atoms with Crippen LogP contribution in [-0.2, 0) is 13.1 Å². The van der Waals surface area contributed by atoms with Gasteiger partial charge in [-0.2, -0.15) is 5.10 Å². The lowest BCUT2D eigenvalue weighted by Crippen LogP contribution is -2.38. The molecular formula is C19H17FN4O.